The molecule has 0 heterocycles. The smallest absolute Gasteiger partial charge is 0.314 e. The summed E-state index contributed by atoms with van der Waals surface area (Å²) < 4.78 is 0. The molecule has 4 saturated carbocycles. The van der Waals surface area contributed by atoms with Crippen LogP contribution in [0.25, 0.3) is 0 Å². The van der Waals surface area contributed by atoms with Crippen molar-refractivity contribution in [3.05, 3.63) is 0 Å². The third-order valence-corrected chi connectivity index (χ3v) is 5.35. The molecule has 0 aromatic carbocycles. The van der Waals surface area contributed by atoms with E-state index in [0.29, 0.717) is 13.1 Å². The Morgan fingerprint density at radius 1 is 1.00 bits per heavy atom. The summed E-state index contributed by atoms with van der Waals surface area (Å²) >= 11 is 0. The normalized spacial score (nSPS) is 40.8. The molecule has 4 rings (SSSR count). The summed E-state index contributed by atoms with van der Waals surface area (Å²) in [6.07, 6.45) is 7.17. The van der Waals surface area contributed by atoms with Gasteiger partial charge in [-0.25, -0.2) is 4.79 Å². The number of amides is 2. The molecule has 4 aliphatic carbocycles. The minimum absolute atomic E-state index is 0.0470. The molecule has 4 nitrogen and oxygen atoms in total. The van der Waals surface area contributed by atoms with E-state index in [-0.39, 0.29) is 6.03 Å². The number of carbonyl (C=O) groups excluding carboxylic acids is 1. The van der Waals surface area contributed by atoms with Gasteiger partial charge in [0.05, 0.1) is 0 Å². The zero-order chi connectivity index (χ0) is 12.5. The largest absolute Gasteiger partial charge is 0.338 e. The lowest BCUT2D eigenvalue weighted by Gasteiger charge is -2.54. The Bertz CT molecular complexity index is 290. The molecule has 0 aromatic heterocycles. The van der Waals surface area contributed by atoms with Crippen LogP contribution in [0.2, 0.25) is 0 Å². The fourth-order valence-electron chi connectivity index (χ4n) is 4.83. The molecular weight excluding hydrogens is 226 g/mol. The van der Waals surface area contributed by atoms with E-state index in [9.17, 15) is 4.79 Å². The maximum atomic E-state index is 11.6. The molecule has 4 bridgehead atoms. The van der Waals surface area contributed by atoms with Crippen LogP contribution < -0.4 is 16.4 Å². The van der Waals surface area contributed by atoms with Gasteiger partial charge in [0.25, 0.3) is 0 Å². The van der Waals surface area contributed by atoms with Crippen molar-refractivity contribution in [3.63, 3.8) is 0 Å². The predicted molar refractivity (Wildman–Crippen MR) is 71.0 cm³/mol. The van der Waals surface area contributed by atoms with Gasteiger partial charge in [-0.15, -0.1) is 0 Å². The van der Waals surface area contributed by atoms with Crippen LogP contribution in [0.1, 0.15) is 32.1 Å². The van der Waals surface area contributed by atoms with Gasteiger partial charge in [-0.05, 0) is 61.7 Å². The molecule has 4 heteroatoms. The minimum Gasteiger partial charge on any atom is -0.338 e. The SMILES string of the molecule is NCCNC(=O)NCC1C2CC3CC(C2)CC1C3. The minimum atomic E-state index is -0.0470. The third kappa shape index (κ3) is 2.35. The summed E-state index contributed by atoms with van der Waals surface area (Å²) in [5.74, 6) is 4.53. The zero-order valence-electron chi connectivity index (χ0n) is 11.0. The van der Waals surface area contributed by atoms with Crippen LogP contribution in [0.5, 0.6) is 0 Å². The lowest BCUT2D eigenvalue weighted by Crippen LogP contribution is -2.50. The molecule has 4 N–H and O–H groups in total. The summed E-state index contributed by atoms with van der Waals surface area (Å²) in [5, 5.41) is 5.82. The fraction of sp³-hybridized carbons (Fsp3) is 0.929. The Kier molecular flexibility index (Phi) is 3.46. The third-order valence-electron chi connectivity index (χ3n) is 5.35. The summed E-state index contributed by atoms with van der Waals surface area (Å²) in [7, 11) is 0. The van der Waals surface area contributed by atoms with Gasteiger partial charge in [0.1, 0.15) is 0 Å². The highest BCUT2D eigenvalue weighted by molar-refractivity contribution is 5.73. The highest BCUT2D eigenvalue weighted by atomic mass is 16.2. The van der Waals surface area contributed by atoms with Gasteiger partial charge in [-0.1, -0.05) is 0 Å². The Balaban J connectivity index is 1.50. The standard InChI is InChI=1S/C14H25N3O/c15-1-2-16-14(18)17-8-13-11-4-9-3-10(6-11)7-12(13)5-9/h9-13H,1-8,15H2,(H2,16,17,18). The number of nitrogens with two attached hydrogens (primary N) is 1. The molecule has 4 fully saturated rings. The van der Waals surface area contributed by atoms with E-state index in [2.05, 4.69) is 10.6 Å². The first-order valence-electron chi connectivity index (χ1n) is 7.48. The summed E-state index contributed by atoms with van der Waals surface area (Å²) in [6, 6.07) is -0.0470. The van der Waals surface area contributed by atoms with E-state index in [4.69, 9.17) is 5.73 Å². The van der Waals surface area contributed by atoms with E-state index in [1.54, 1.807) is 0 Å². The first-order chi connectivity index (χ1) is 8.76. The van der Waals surface area contributed by atoms with Crippen molar-refractivity contribution in [1.82, 2.24) is 10.6 Å². The van der Waals surface area contributed by atoms with Crippen LogP contribution in [0.15, 0.2) is 0 Å². The van der Waals surface area contributed by atoms with E-state index >= 15 is 0 Å². The van der Waals surface area contributed by atoms with Crippen molar-refractivity contribution >= 4 is 6.03 Å². The summed E-state index contributed by atoms with van der Waals surface area (Å²) in [4.78, 5) is 11.6. The second-order valence-electron chi connectivity index (χ2n) is 6.52. The van der Waals surface area contributed by atoms with Crippen LogP contribution >= 0.6 is 0 Å². The Morgan fingerprint density at radius 2 is 1.61 bits per heavy atom. The number of urea groups is 1. The molecule has 0 unspecified atom stereocenters. The van der Waals surface area contributed by atoms with Gasteiger partial charge in [0, 0.05) is 19.6 Å². The average molecular weight is 251 g/mol. The van der Waals surface area contributed by atoms with E-state index in [1.807, 2.05) is 0 Å². The second kappa shape index (κ2) is 5.08. The lowest BCUT2D eigenvalue weighted by molar-refractivity contribution is -0.0343. The number of carbonyl (C=O) groups is 1. The summed E-state index contributed by atoms with van der Waals surface area (Å²) in [5.41, 5.74) is 5.37. The molecule has 0 atom stereocenters. The fourth-order valence-corrected chi connectivity index (χ4v) is 4.83. The van der Waals surface area contributed by atoms with Crippen molar-refractivity contribution in [1.29, 1.82) is 0 Å². The second-order valence-corrected chi connectivity index (χ2v) is 6.52. The van der Waals surface area contributed by atoms with Crippen LogP contribution in [0, 0.1) is 29.6 Å². The summed E-state index contributed by atoms with van der Waals surface area (Å²) in [6.45, 7) is 1.93. The molecule has 0 saturated heterocycles. The first-order valence-corrected chi connectivity index (χ1v) is 7.48. The van der Waals surface area contributed by atoms with Gasteiger partial charge < -0.3 is 16.4 Å². The van der Waals surface area contributed by atoms with Crippen LogP contribution in [0.4, 0.5) is 4.79 Å². The molecule has 18 heavy (non-hydrogen) atoms. The number of nitrogens with one attached hydrogen (secondary N) is 2. The lowest BCUT2D eigenvalue weighted by atomic mass is 9.52. The van der Waals surface area contributed by atoms with Crippen LogP contribution in [-0.4, -0.2) is 25.7 Å². The maximum absolute atomic E-state index is 11.6. The van der Waals surface area contributed by atoms with Crippen molar-refractivity contribution in [2.75, 3.05) is 19.6 Å². The Morgan fingerprint density at radius 3 is 2.17 bits per heavy atom. The number of hydrogen-bond donors (Lipinski definition) is 3. The van der Waals surface area contributed by atoms with Gasteiger partial charge >= 0.3 is 6.03 Å². The highest BCUT2D eigenvalue weighted by Crippen LogP contribution is 2.56. The van der Waals surface area contributed by atoms with Crippen molar-refractivity contribution in [2.45, 2.75) is 32.1 Å². The van der Waals surface area contributed by atoms with Crippen molar-refractivity contribution in [2.24, 2.45) is 35.3 Å². The molecule has 0 radical (unpaired) electrons. The average Bonchev–Trinajstić information content (AvgIpc) is 2.34. The number of hydrogen-bond acceptors (Lipinski definition) is 2. The molecule has 0 aromatic rings. The van der Waals surface area contributed by atoms with Gasteiger partial charge in [-0.3, -0.25) is 0 Å². The van der Waals surface area contributed by atoms with Gasteiger partial charge in [-0.2, -0.15) is 0 Å². The molecular formula is C14H25N3O. The number of rotatable bonds is 4. The predicted octanol–water partition coefficient (Wildman–Crippen LogP) is 1.32. The first kappa shape index (κ1) is 12.3. The van der Waals surface area contributed by atoms with Crippen molar-refractivity contribution < 1.29 is 4.79 Å². The molecule has 4 aliphatic rings. The van der Waals surface area contributed by atoms with Crippen LogP contribution in [-0.2, 0) is 0 Å². The molecule has 0 aliphatic heterocycles. The molecule has 2 amide bonds. The van der Waals surface area contributed by atoms with E-state index in [1.165, 1.54) is 32.1 Å². The Hall–Kier alpha value is -0.770. The van der Waals surface area contributed by atoms with Crippen LogP contribution in [0.3, 0.4) is 0 Å². The topological polar surface area (TPSA) is 67.1 Å². The highest BCUT2D eigenvalue weighted by Gasteiger charge is 2.47. The maximum Gasteiger partial charge on any atom is 0.314 e. The van der Waals surface area contributed by atoms with Gasteiger partial charge in [0.2, 0.25) is 0 Å². The van der Waals surface area contributed by atoms with Gasteiger partial charge in [0.15, 0.2) is 0 Å². The molecule has 0 spiro atoms. The Labute approximate surface area is 109 Å². The van der Waals surface area contributed by atoms with E-state index in [0.717, 1.165) is 36.1 Å². The molecule has 102 valence electrons. The quantitative estimate of drug-likeness (QED) is 0.705. The van der Waals surface area contributed by atoms with E-state index < -0.39 is 0 Å². The zero-order valence-corrected chi connectivity index (χ0v) is 11.0. The monoisotopic (exact) mass is 251 g/mol. The van der Waals surface area contributed by atoms with Crippen molar-refractivity contribution in [3.8, 4) is 0 Å².